The van der Waals surface area contributed by atoms with E-state index in [9.17, 15) is 0 Å². The SMILES string of the molecule is C1=CC2c3c(cccc3-c3nc(-c4ccccc4)c4oc5ccccc5c4n3)OC2C=C1c1ccc(C(c2ccccc2)c2ccc(-c3ccccc3)cc2)cc1. The molecule has 0 fully saturated rings. The standard InChI is InChI=1S/C53H36N2O2/c1-4-13-34(14-5-1)35-23-27-38(28-24-35)48(37-15-6-2-7-16-37)39-29-25-36(26-30-39)41-31-32-42-47(33-41)56-46-22-12-20-44(49(42)46)53-54-50(40-17-8-3-9-18-40)52-51(55-53)43-19-10-11-21-45(43)57-52/h1-33,42,47-48H. The van der Waals surface area contributed by atoms with Gasteiger partial charge in [-0.1, -0.05) is 176 Å². The van der Waals surface area contributed by atoms with Gasteiger partial charge in [0, 0.05) is 33.9 Å². The number of ether oxygens (including phenoxy) is 1. The number of aromatic nitrogens is 2. The van der Waals surface area contributed by atoms with E-state index in [4.69, 9.17) is 19.1 Å². The van der Waals surface area contributed by atoms with Crippen molar-refractivity contribution in [1.82, 2.24) is 9.97 Å². The first kappa shape index (κ1) is 33.1. The maximum Gasteiger partial charge on any atom is 0.180 e. The number of allylic oxidation sites excluding steroid dienone is 2. The molecule has 0 radical (unpaired) electrons. The summed E-state index contributed by atoms with van der Waals surface area (Å²) in [6, 6.07) is 63.9. The van der Waals surface area contributed by atoms with E-state index < -0.39 is 0 Å². The molecule has 2 aliphatic rings. The third-order valence-electron chi connectivity index (χ3n) is 11.4. The van der Waals surface area contributed by atoms with E-state index in [1.54, 1.807) is 0 Å². The van der Waals surface area contributed by atoms with Crippen LogP contribution >= 0.6 is 0 Å². The van der Waals surface area contributed by atoms with E-state index in [0.29, 0.717) is 11.4 Å². The summed E-state index contributed by atoms with van der Waals surface area (Å²) >= 11 is 0. The average molecular weight is 733 g/mol. The molecule has 4 nitrogen and oxygen atoms in total. The van der Waals surface area contributed by atoms with Crippen LogP contribution in [0, 0.1) is 0 Å². The molecule has 0 saturated heterocycles. The van der Waals surface area contributed by atoms with Crippen molar-refractivity contribution in [2.75, 3.05) is 0 Å². The van der Waals surface area contributed by atoms with Gasteiger partial charge in [0.15, 0.2) is 11.4 Å². The van der Waals surface area contributed by atoms with Gasteiger partial charge in [-0.3, -0.25) is 0 Å². The summed E-state index contributed by atoms with van der Waals surface area (Å²) in [6.45, 7) is 0. The highest BCUT2D eigenvalue weighted by Gasteiger charge is 2.36. The van der Waals surface area contributed by atoms with E-state index in [2.05, 4.69) is 158 Å². The minimum Gasteiger partial charge on any atom is -0.485 e. The molecule has 0 N–H and O–H groups in total. The Morgan fingerprint density at radius 2 is 1.12 bits per heavy atom. The molecule has 1 aliphatic heterocycles. The fourth-order valence-electron chi connectivity index (χ4n) is 8.64. The zero-order valence-electron chi connectivity index (χ0n) is 31.0. The summed E-state index contributed by atoms with van der Waals surface area (Å²) in [5.41, 5.74) is 14.7. The number of rotatable bonds is 7. The zero-order chi connectivity index (χ0) is 37.7. The summed E-state index contributed by atoms with van der Waals surface area (Å²) in [5.74, 6) is 1.67. The number of hydrogen-bond donors (Lipinski definition) is 0. The maximum absolute atomic E-state index is 6.70. The number of hydrogen-bond acceptors (Lipinski definition) is 4. The summed E-state index contributed by atoms with van der Waals surface area (Å²) in [6.07, 6.45) is 6.65. The van der Waals surface area contributed by atoms with Crippen molar-refractivity contribution >= 4 is 27.6 Å². The normalized spacial score (nSPS) is 16.2. The Balaban J connectivity index is 0.917. The van der Waals surface area contributed by atoms with Crippen LogP contribution in [0.3, 0.4) is 0 Å². The van der Waals surface area contributed by atoms with Crippen molar-refractivity contribution in [2.45, 2.75) is 17.9 Å². The van der Waals surface area contributed by atoms with Gasteiger partial charge in [-0.05, 0) is 63.2 Å². The van der Waals surface area contributed by atoms with E-state index in [1.807, 2.05) is 42.5 Å². The van der Waals surface area contributed by atoms with E-state index >= 15 is 0 Å². The minimum atomic E-state index is -0.145. The van der Waals surface area contributed by atoms with Crippen LogP contribution in [0.15, 0.2) is 205 Å². The van der Waals surface area contributed by atoms with Crippen LogP contribution < -0.4 is 4.74 Å². The van der Waals surface area contributed by atoms with Crippen LogP contribution in [0.1, 0.15) is 39.7 Å². The third kappa shape index (κ3) is 5.85. The lowest BCUT2D eigenvalue weighted by Crippen LogP contribution is -2.17. The van der Waals surface area contributed by atoms with Crippen molar-refractivity contribution in [1.29, 1.82) is 0 Å². The summed E-state index contributed by atoms with van der Waals surface area (Å²) < 4.78 is 13.1. The fourth-order valence-corrected chi connectivity index (χ4v) is 8.64. The second kappa shape index (κ2) is 13.8. The molecule has 3 unspecified atom stereocenters. The average Bonchev–Trinajstić information content (AvgIpc) is 3.86. The van der Waals surface area contributed by atoms with Gasteiger partial charge in [0.25, 0.3) is 0 Å². The van der Waals surface area contributed by atoms with Gasteiger partial charge in [0.2, 0.25) is 0 Å². The lowest BCUT2D eigenvalue weighted by molar-refractivity contribution is 0.269. The van der Waals surface area contributed by atoms with Crippen molar-refractivity contribution in [3.05, 3.63) is 228 Å². The molecule has 0 bridgehead atoms. The molecular formula is C53H36N2O2. The highest BCUT2D eigenvalue weighted by atomic mass is 16.5. The predicted octanol–water partition coefficient (Wildman–Crippen LogP) is 13.1. The van der Waals surface area contributed by atoms with Gasteiger partial charge >= 0.3 is 0 Å². The summed E-state index contributed by atoms with van der Waals surface area (Å²) in [7, 11) is 0. The topological polar surface area (TPSA) is 48.2 Å². The maximum atomic E-state index is 6.70. The van der Waals surface area contributed by atoms with Crippen molar-refractivity contribution in [2.24, 2.45) is 0 Å². The first-order valence-electron chi connectivity index (χ1n) is 19.5. The Labute approximate surface area is 331 Å². The van der Waals surface area contributed by atoms with Crippen LogP contribution in [-0.2, 0) is 0 Å². The molecule has 0 amide bonds. The van der Waals surface area contributed by atoms with E-state index in [1.165, 1.54) is 27.8 Å². The molecule has 3 heterocycles. The smallest absolute Gasteiger partial charge is 0.180 e. The number of fused-ring (bicyclic) bond motifs is 6. The minimum absolute atomic E-state index is 0.0288. The molecule has 0 spiro atoms. The fraction of sp³-hybridized carbons (Fsp3) is 0.0566. The molecule has 0 saturated carbocycles. The number of benzene rings is 7. The molecule has 57 heavy (non-hydrogen) atoms. The number of nitrogens with zero attached hydrogens (tertiary/aromatic N) is 2. The third-order valence-corrected chi connectivity index (χ3v) is 11.4. The van der Waals surface area contributed by atoms with Gasteiger partial charge in [-0.25, -0.2) is 9.97 Å². The highest BCUT2D eigenvalue weighted by Crippen LogP contribution is 2.48. The second-order valence-electron chi connectivity index (χ2n) is 14.8. The summed E-state index contributed by atoms with van der Waals surface area (Å²) in [5, 5.41) is 0.974. The number of para-hydroxylation sites is 1. The molecule has 9 aromatic rings. The lowest BCUT2D eigenvalue weighted by Gasteiger charge is -2.21. The molecule has 4 heteroatoms. The van der Waals surface area contributed by atoms with Crippen LogP contribution in [0.2, 0.25) is 0 Å². The first-order valence-corrected chi connectivity index (χ1v) is 19.5. The van der Waals surface area contributed by atoms with Crippen LogP contribution in [0.5, 0.6) is 5.75 Å². The molecule has 270 valence electrons. The summed E-state index contributed by atoms with van der Waals surface area (Å²) in [4.78, 5) is 10.4. The Morgan fingerprint density at radius 3 is 1.86 bits per heavy atom. The monoisotopic (exact) mass is 732 g/mol. The van der Waals surface area contributed by atoms with Gasteiger partial charge in [0.1, 0.15) is 28.6 Å². The van der Waals surface area contributed by atoms with Gasteiger partial charge in [0.05, 0.1) is 0 Å². The zero-order valence-corrected chi connectivity index (χ0v) is 31.0. The Bertz CT molecular complexity index is 2970. The van der Waals surface area contributed by atoms with Gasteiger partial charge in [-0.2, -0.15) is 0 Å². The molecular weight excluding hydrogens is 697 g/mol. The lowest BCUT2D eigenvalue weighted by atomic mass is 9.83. The Hall–Kier alpha value is -7.30. The molecule has 7 aromatic carbocycles. The second-order valence-corrected chi connectivity index (χ2v) is 14.8. The van der Waals surface area contributed by atoms with Gasteiger partial charge < -0.3 is 9.15 Å². The molecule has 2 aromatic heterocycles. The first-order chi connectivity index (χ1) is 28.2. The van der Waals surface area contributed by atoms with E-state index in [0.717, 1.165) is 55.8 Å². The largest absolute Gasteiger partial charge is 0.485 e. The highest BCUT2D eigenvalue weighted by molar-refractivity contribution is 6.07. The molecule has 11 rings (SSSR count). The van der Waals surface area contributed by atoms with Crippen molar-refractivity contribution < 1.29 is 9.15 Å². The molecule has 1 aliphatic carbocycles. The van der Waals surface area contributed by atoms with Crippen LogP contribution in [0.4, 0.5) is 0 Å². The quantitative estimate of drug-likeness (QED) is 0.153. The predicted molar refractivity (Wildman–Crippen MR) is 230 cm³/mol. The number of furan rings is 1. The van der Waals surface area contributed by atoms with Crippen molar-refractivity contribution in [3.63, 3.8) is 0 Å². The van der Waals surface area contributed by atoms with Gasteiger partial charge in [-0.15, -0.1) is 0 Å². The van der Waals surface area contributed by atoms with Crippen LogP contribution in [0.25, 0.3) is 61.4 Å². The van der Waals surface area contributed by atoms with Crippen molar-refractivity contribution in [3.8, 4) is 39.5 Å². The Morgan fingerprint density at radius 1 is 0.509 bits per heavy atom. The van der Waals surface area contributed by atoms with Crippen LogP contribution in [-0.4, -0.2) is 16.1 Å². The Kier molecular flexibility index (Phi) is 7.99. The molecule has 3 atom stereocenters. The van der Waals surface area contributed by atoms with E-state index in [-0.39, 0.29) is 17.9 Å².